The molecule has 2 unspecified atom stereocenters. The van der Waals surface area contributed by atoms with Crippen LogP contribution in [0.25, 0.3) is 0 Å². The zero-order valence-corrected chi connectivity index (χ0v) is 10.1. The highest BCUT2D eigenvalue weighted by molar-refractivity contribution is 7.71. The summed E-state index contributed by atoms with van der Waals surface area (Å²) in [6.45, 7) is 1.55. The number of aliphatic hydroxyl groups is 2. The van der Waals surface area contributed by atoms with Gasteiger partial charge in [0.05, 0.1) is 12.7 Å². The quantitative estimate of drug-likeness (QED) is 0.639. The van der Waals surface area contributed by atoms with E-state index in [1.54, 1.807) is 11.5 Å². The molecule has 0 spiro atoms. The maximum atomic E-state index is 11.1. The topological polar surface area (TPSA) is 87.5 Å². The lowest BCUT2D eigenvalue weighted by Crippen LogP contribution is -2.28. The molecule has 1 aromatic heterocycles. The fraction of sp³-hybridized carbons (Fsp3) is 0.600. The van der Waals surface area contributed by atoms with E-state index in [0.29, 0.717) is 0 Å². The van der Waals surface area contributed by atoms with E-state index < -0.39 is 18.4 Å². The Morgan fingerprint density at radius 3 is 2.88 bits per heavy atom. The smallest absolute Gasteiger partial charge is 0.251 e. The van der Waals surface area contributed by atoms with Crippen LogP contribution in [0, 0.1) is 10.7 Å². The average molecular weight is 258 g/mol. The minimum absolute atomic E-state index is 0.218. The van der Waals surface area contributed by atoms with Crippen LogP contribution in [0.1, 0.15) is 13.2 Å². The molecular weight excluding hydrogens is 244 g/mol. The van der Waals surface area contributed by atoms with Crippen LogP contribution in [0.5, 0.6) is 0 Å². The number of aromatic nitrogens is 2. The molecule has 0 bridgehead atoms. The van der Waals surface area contributed by atoms with E-state index in [1.165, 1.54) is 12.3 Å². The summed E-state index contributed by atoms with van der Waals surface area (Å²) in [6, 6.07) is 1.34. The molecule has 6 nitrogen and oxygen atoms in total. The monoisotopic (exact) mass is 258 g/mol. The lowest BCUT2D eigenvalue weighted by molar-refractivity contribution is -0.0470. The lowest BCUT2D eigenvalue weighted by Gasteiger charge is -2.18. The van der Waals surface area contributed by atoms with Crippen molar-refractivity contribution in [3.05, 3.63) is 27.4 Å². The Labute approximate surface area is 102 Å². The van der Waals surface area contributed by atoms with Gasteiger partial charge < -0.3 is 14.9 Å². The van der Waals surface area contributed by atoms with Crippen molar-refractivity contribution in [1.82, 2.24) is 9.55 Å². The molecular formula is C10H14N2O4S. The molecule has 2 rings (SSSR count). The molecule has 1 aliphatic rings. The number of ether oxygens (including phenoxy) is 1. The van der Waals surface area contributed by atoms with E-state index in [0.717, 1.165) is 0 Å². The molecule has 0 radical (unpaired) electrons. The van der Waals surface area contributed by atoms with Crippen molar-refractivity contribution < 1.29 is 14.9 Å². The first-order valence-corrected chi connectivity index (χ1v) is 5.71. The number of rotatable bonds is 2. The number of hydrogen-bond donors (Lipinski definition) is 3. The van der Waals surface area contributed by atoms with Crippen molar-refractivity contribution in [2.75, 3.05) is 6.61 Å². The van der Waals surface area contributed by atoms with Crippen LogP contribution in [0.3, 0.4) is 0 Å². The predicted molar refractivity (Wildman–Crippen MR) is 62.1 cm³/mol. The summed E-state index contributed by atoms with van der Waals surface area (Å²) in [5, 5.41) is 18.9. The number of nitrogens with zero attached hydrogens (tertiary/aromatic N) is 1. The molecule has 2 heterocycles. The fourth-order valence-electron chi connectivity index (χ4n) is 1.99. The predicted octanol–water partition coefficient (Wildman–Crippen LogP) is -0.207. The van der Waals surface area contributed by atoms with Gasteiger partial charge in [-0.05, 0) is 12.2 Å². The molecule has 1 aliphatic heterocycles. The molecule has 0 aliphatic carbocycles. The Morgan fingerprint density at radius 2 is 2.35 bits per heavy atom. The van der Waals surface area contributed by atoms with Crippen LogP contribution < -0.4 is 5.56 Å². The molecule has 1 saturated heterocycles. The summed E-state index contributed by atoms with van der Waals surface area (Å²) < 4.78 is 7.32. The first kappa shape index (κ1) is 12.4. The molecule has 0 aromatic carbocycles. The maximum Gasteiger partial charge on any atom is 0.251 e. The van der Waals surface area contributed by atoms with Crippen molar-refractivity contribution in [2.45, 2.75) is 25.4 Å². The summed E-state index contributed by atoms with van der Waals surface area (Å²) in [4.78, 5) is 13.5. The van der Waals surface area contributed by atoms with Gasteiger partial charge in [0, 0.05) is 18.2 Å². The van der Waals surface area contributed by atoms with Gasteiger partial charge in [-0.25, -0.2) is 0 Å². The number of aromatic amines is 1. The van der Waals surface area contributed by atoms with Gasteiger partial charge in [-0.2, -0.15) is 0 Å². The first-order chi connectivity index (χ1) is 8.04. The SMILES string of the molecule is CC1C(O)[C@@H](CO)O[C@H]1n1ccc(=O)[nH]c1=S. The van der Waals surface area contributed by atoms with E-state index in [4.69, 9.17) is 22.1 Å². The van der Waals surface area contributed by atoms with Crippen LogP contribution in [-0.2, 0) is 4.74 Å². The highest BCUT2D eigenvalue weighted by Crippen LogP contribution is 2.33. The Morgan fingerprint density at radius 1 is 1.65 bits per heavy atom. The van der Waals surface area contributed by atoms with Crippen LogP contribution in [0.4, 0.5) is 0 Å². The summed E-state index contributed by atoms with van der Waals surface area (Å²) in [6.07, 6.45) is -0.330. The molecule has 0 saturated carbocycles. The van der Waals surface area contributed by atoms with Gasteiger partial charge in [0.2, 0.25) is 0 Å². The Bertz CT molecular complexity index is 512. The minimum Gasteiger partial charge on any atom is -0.394 e. The molecule has 1 aromatic rings. The van der Waals surface area contributed by atoms with Gasteiger partial charge in [0.25, 0.3) is 5.56 Å². The molecule has 1 fully saturated rings. The molecule has 3 N–H and O–H groups in total. The third-order valence-electron chi connectivity index (χ3n) is 2.99. The zero-order valence-electron chi connectivity index (χ0n) is 9.24. The third-order valence-corrected chi connectivity index (χ3v) is 3.30. The van der Waals surface area contributed by atoms with E-state index in [9.17, 15) is 9.90 Å². The van der Waals surface area contributed by atoms with Gasteiger partial charge in [0.1, 0.15) is 12.3 Å². The molecule has 17 heavy (non-hydrogen) atoms. The van der Waals surface area contributed by atoms with Crippen LogP contribution in [-0.4, -0.2) is 38.6 Å². The number of H-pyrrole nitrogens is 1. The summed E-state index contributed by atoms with van der Waals surface area (Å²) in [5.74, 6) is -0.218. The highest BCUT2D eigenvalue weighted by atomic mass is 32.1. The second kappa shape index (κ2) is 4.69. The number of nitrogens with one attached hydrogen (secondary N) is 1. The van der Waals surface area contributed by atoms with Crippen LogP contribution in [0.15, 0.2) is 17.1 Å². The number of aliphatic hydroxyl groups excluding tert-OH is 2. The summed E-state index contributed by atoms with van der Waals surface area (Å²) in [7, 11) is 0. The van der Waals surface area contributed by atoms with E-state index in [-0.39, 0.29) is 22.9 Å². The van der Waals surface area contributed by atoms with Crippen LogP contribution in [0.2, 0.25) is 0 Å². The second-order valence-corrected chi connectivity index (χ2v) is 4.50. The van der Waals surface area contributed by atoms with Crippen molar-refractivity contribution in [3.8, 4) is 0 Å². The van der Waals surface area contributed by atoms with E-state index in [1.807, 2.05) is 0 Å². The molecule has 0 amide bonds. The van der Waals surface area contributed by atoms with Gasteiger partial charge in [-0.1, -0.05) is 6.92 Å². The Balaban J connectivity index is 2.35. The first-order valence-electron chi connectivity index (χ1n) is 5.30. The Kier molecular flexibility index (Phi) is 3.43. The average Bonchev–Trinajstić information content (AvgIpc) is 2.57. The third kappa shape index (κ3) is 2.19. The van der Waals surface area contributed by atoms with Gasteiger partial charge in [-0.3, -0.25) is 14.3 Å². The van der Waals surface area contributed by atoms with Crippen molar-refractivity contribution in [3.63, 3.8) is 0 Å². The Hall–Kier alpha value is -1.02. The normalized spacial score (nSPS) is 32.9. The lowest BCUT2D eigenvalue weighted by atomic mass is 10.0. The standard InChI is InChI=1S/C10H14N2O4S/c1-5-8(15)6(4-13)16-9(5)12-3-2-7(14)11-10(12)17/h2-3,5-6,8-9,13,15H,4H2,1H3,(H,11,14,17)/t5?,6-,8?,9-/m1/s1. The summed E-state index contributed by atoms with van der Waals surface area (Å²) >= 11 is 5.03. The van der Waals surface area contributed by atoms with E-state index in [2.05, 4.69) is 4.98 Å². The van der Waals surface area contributed by atoms with Gasteiger partial charge in [-0.15, -0.1) is 0 Å². The second-order valence-electron chi connectivity index (χ2n) is 4.11. The largest absolute Gasteiger partial charge is 0.394 e. The fourth-order valence-corrected chi connectivity index (χ4v) is 2.25. The van der Waals surface area contributed by atoms with E-state index >= 15 is 0 Å². The minimum atomic E-state index is -0.751. The number of hydrogen-bond acceptors (Lipinski definition) is 5. The van der Waals surface area contributed by atoms with Crippen molar-refractivity contribution in [2.24, 2.45) is 5.92 Å². The zero-order chi connectivity index (χ0) is 12.6. The highest BCUT2D eigenvalue weighted by Gasteiger charge is 2.41. The molecule has 94 valence electrons. The molecule has 7 heteroatoms. The summed E-state index contributed by atoms with van der Waals surface area (Å²) in [5.41, 5.74) is -0.281. The van der Waals surface area contributed by atoms with Crippen molar-refractivity contribution >= 4 is 12.2 Å². The van der Waals surface area contributed by atoms with Gasteiger partial charge >= 0.3 is 0 Å². The molecule has 4 atom stereocenters. The van der Waals surface area contributed by atoms with Crippen molar-refractivity contribution in [1.29, 1.82) is 0 Å². The van der Waals surface area contributed by atoms with Gasteiger partial charge in [0.15, 0.2) is 4.77 Å². The maximum absolute atomic E-state index is 11.1. The van der Waals surface area contributed by atoms with Crippen LogP contribution >= 0.6 is 12.2 Å².